The highest BCUT2D eigenvalue weighted by molar-refractivity contribution is 5.95. The normalized spacial score (nSPS) is 11.8. The molecule has 1 unspecified atom stereocenters. The van der Waals surface area contributed by atoms with Crippen LogP contribution in [-0.2, 0) is 22.4 Å². The first-order chi connectivity index (χ1) is 9.29. The van der Waals surface area contributed by atoms with Crippen molar-refractivity contribution in [2.24, 2.45) is 5.92 Å². The molecule has 2 aromatic rings. The Morgan fingerprint density at radius 2 is 1.42 bits per heavy atom. The van der Waals surface area contributed by atoms with E-state index in [2.05, 4.69) is 0 Å². The number of hydrogen-bond acceptors (Lipinski definition) is 2. The molecular formula is C17H15O2. The van der Waals surface area contributed by atoms with Gasteiger partial charge in [-0.2, -0.15) is 0 Å². The standard InChI is InChI=1S/C17H15O2/c18-13-16(11-14-7-3-1-4-8-14)17(19)12-15-9-5-2-6-10-15/h1-10,16H,11-12H2. The average Bonchev–Trinajstić information content (AvgIpc) is 2.47. The van der Waals surface area contributed by atoms with Gasteiger partial charge in [0, 0.05) is 6.42 Å². The number of rotatable bonds is 6. The molecule has 0 aliphatic rings. The van der Waals surface area contributed by atoms with E-state index in [1.54, 1.807) is 0 Å². The molecule has 2 heteroatoms. The van der Waals surface area contributed by atoms with Crippen molar-refractivity contribution < 1.29 is 9.59 Å². The molecule has 2 aromatic carbocycles. The van der Waals surface area contributed by atoms with Crippen LogP contribution in [0, 0.1) is 5.92 Å². The maximum absolute atomic E-state index is 12.1. The number of carbonyl (C=O) groups is 1. The molecule has 0 saturated heterocycles. The maximum atomic E-state index is 12.1. The molecule has 1 atom stereocenters. The monoisotopic (exact) mass is 251 g/mol. The molecule has 19 heavy (non-hydrogen) atoms. The molecule has 0 saturated carbocycles. The fraction of sp³-hybridized carbons (Fsp3) is 0.176. The largest absolute Gasteiger partial charge is 0.299 e. The summed E-state index contributed by atoms with van der Waals surface area (Å²) in [6.07, 6.45) is 2.58. The summed E-state index contributed by atoms with van der Waals surface area (Å²) in [6, 6.07) is 19.0. The van der Waals surface area contributed by atoms with Crippen LogP contribution in [0.3, 0.4) is 0 Å². The highest BCUT2D eigenvalue weighted by atomic mass is 16.1. The van der Waals surface area contributed by atoms with Crippen molar-refractivity contribution in [2.75, 3.05) is 0 Å². The smallest absolute Gasteiger partial charge is 0.209 e. The second-order valence-corrected chi connectivity index (χ2v) is 4.49. The third kappa shape index (κ3) is 3.88. The van der Waals surface area contributed by atoms with Crippen LogP contribution >= 0.6 is 0 Å². The van der Waals surface area contributed by atoms with Gasteiger partial charge in [0.25, 0.3) is 0 Å². The van der Waals surface area contributed by atoms with Gasteiger partial charge in [-0.3, -0.25) is 9.59 Å². The van der Waals surface area contributed by atoms with E-state index in [1.807, 2.05) is 66.9 Å². The number of benzene rings is 2. The second-order valence-electron chi connectivity index (χ2n) is 4.49. The molecule has 2 nitrogen and oxygen atoms in total. The van der Waals surface area contributed by atoms with Gasteiger partial charge < -0.3 is 0 Å². The van der Waals surface area contributed by atoms with Crippen molar-refractivity contribution in [3.8, 4) is 0 Å². The minimum Gasteiger partial charge on any atom is -0.299 e. The zero-order valence-corrected chi connectivity index (χ0v) is 10.6. The van der Waals surface area contributed by atoms with Crippen LogP contribution < -0.4 is 0 Å². The number of hydrogen-bond donors (Lipinski definition) is 0. The first kappa shape index (κ1) is 13.2. The van der Waals surface area contributed by atoms with E-state index >= 15 is 0 Å². The van der Waals surface area contributed by atoms with Gasteiger partial charge in [-0.25, -0.2) is 0 Å². The van der Waals surface area contributed by atoms with Gasteiger partial charge >= 0.3 is 0 Å². The molecule has 0 spiro atoms. The molecule has 0 N–H and O–H groups in total. The van der Waals surface area contributed by atoms with Crippen LogP contribution in [0.1, 0.15) is 11.1 Å². The Bertz CT molecular complexity index is 532. The van der Waals surface area contributed by atoms with E-state index in [-0.39, 0.29) is 12.2 Å². The van der Waals surface area contributed by atoms with Crippen molar-refractivity contribution >= 4 is 12.1 Å². The summed E-state index contributed by atoms with van der Waals surface area (Å²) in [5, 5.41) is 0. The Labute approximate surface area is 113 Å². The predicted molar refractivity (Wildman–Crippen MR) is 74.5 cm³/mol. The first-order valence-corrected chi connectivity index (χ1v) is 6.28. The number of Topliss-reactive ketones (excluding diaryl/α,β-unsaturated/α-hetero) is 1. The third-order valence-corrected chi connectivity index (χ3v) is 3.03. The zero-order valence-electron chi connectivity index (χ0n) is 10.6. The van der Waals surface area contributed by atoms with Crippen LogP contribution in [-0.4, -0.2) is 12.1 Å². The highest BCUT2D eigenvalue weighted by Gasteiger charge is 2.19. The third-order valence-electron chi connectivity index (χ3n) is 3.03. The van der Waals surface area contributed by atoms with E-state index in [1.165, 1.54) is 0 Å². The van der Waals surface area contributed by atoms with Gasteiger partial charge in [-0.1, -0.05) is 60.7 Å². The lowest BCUT2D eigenvalue weighted by atomic mass is 9.93. The van der Waals surface area contributed by atoms with Crippen LogP contribution in [0.4, 0.5) is 0 Å². The molecule has 0 amide bonds. The quantitative estimate of drug-likeness (QED) is 0.740. The molecular weight excluding hydrogens is 236 g/mol. The summed E-state index contributed by atoms with van der Waals surface area (Å²) in [5.74, 6) is -0.757. The number of carbonyl (C=O) groups excluding carboxylic acids is 2. The van der Waals surface area contributed by atoms with Gasteiger partial charge in [0.2, 0.25) is 6.29 Å². The van der Waals surface area contributed by atoms with Crippen molar-refractivity contribution in [2.45, 2.75) is 12.8 Å². The molecule has 95 valence electrons. The van der Waals surface area contributed by atoms with Crippen LogP contribution in [0.2, 0.25) is 0 Å². The summed E-state index contributed by atoms with van der Waals surface area (Å²) < 4.78 is 0. The van der Waals surface area contributed by atoms with Crippen molar-refractivity contribution in [3.05, 3.63) is 71.8 Å². The van der Waals surface area contributed by atoms with Crippen molar-refractivity contribution in [1.82, 2.24) is 0 Å². The van der Waals surface area contributed by atoms with Crippen LogP contribution in [0.25, 0.3) is 0 Å². The van der Waals surface area contributed by atoms with Gasteiger partial charge in [-0.15, -0.1) is 0 Å². The van der Waals surface area contributed by atoms with E-state index in [0.29, 0.717) is 6.42 Å². The van der Waals surface area contributed by atoms with E-state index in [4.69, 9.17) is 0 Å². The Kier molecular flexibility index (Phi) is 4.62. The van der Waals surface area contributed by atoms with E-state index in [0.717, 1.165) is 11.1 Å². The molecule has 0 fully saturated rings. The SMILES string of the molecule is O=[C]C(Cc1ccccc1)C(=O)Cc1ccccc1. The van der Waals surface area contributed by atoms with Gasteiger partial charge in [0.1, 0.15) is 5.78 Å². The molecule has 0 aromatic heterocycles. The molecule has 0 bridgehead atoms. The summed E-state index contributed by atoms with van der Waals surface area (Å²) in [6.45, 7) is 0. The Balaban J connectivity index is 2.02. The maximum Gasteiger partial charge on any atom is 0.209 e. The summed E-state index contributed by atoms with van der Waals surface area (Å²) in [7, 11) is 0. The topological polar surface area (TPSA) is 34.1 Å². The van der Waals surface area contributed by atoms with Gasteiger partial charge in [0.05, 0.1) is 5.92 Å². The summed E-state index contributed by atoms with van der Waals surface area (Å²) in [4.78, 5) is 23.1. The Hall–Kier alpha value is -2.22. The van der Waals surface area contributed by atoms with E-state index < -0.39 is 5.92 Å². The molecule has 0 aliphatic carbocycles. The Morgan fingerprint density at radius 1 is 0.895 bits per heavy atom. The predicted octanol–water partition coefficient (Wildman–Crippen LogP) is 2.77. The van der Waals surface area contributed by atoms with Crippen molar-refractivity contribution in [3.63, 3.8) is 0 Å². The summed E-state index contributed by atoms with van der Waals surface area (Å²) in [5.41, 5.74) is 1.91. The minimum atomic E-state index is -0.678. The van der Waals surface area contributed by atoms with Crippen LogP contribution in [0.5, 0.6) is 0 Å². The lowest BCUT2D eigenvalue weighted by Gasteiger charge is -2.08. The zero-order chi connectivity index (χ0) is 13.5. The second kappa shape index (κ2) is 6.64. The first-order valence-electron chi connectivity index (χ1n) is 6.28. The lowest BCUT2D eigenvalue weighted by molar-refractivity contribution is -0.120. The molecule has 1 radical (unpaired) electrons. The molecule has 0 heterocycles. The Morgan fingerprint density at radius 3 is 1.95 bits per heavy atom. The fourth-order valence-electron chi connectivity index (χ4n) is 1.99. The van der Waals surface area contributed by atoms with Gasteiger partial charge in [-0.05, 0) is 17.5 Å². The average molecular weight is 251 g/mol. The highest BCUT2D eigenvalue weighted by Crippen LogP contribution is 2.11. The van der Waals surface area contributed by atoms with Crippen molar-refractivity contribution in [1.29, 1.82) is 0 Å². The minimum absolute atomic E-state index is 0.0787. The summed E-state index contributed by atoms with van der Waals surface area (Å²) >= 11 is 0. The van der Waals surface area contributed by atoms with Crippen LogP contribution in [0.15, 0.2) is 60.7 Å². The number of ketones is 1. The van der Waals surface area contributed by atoms with E-state index in [9.17, 15) is 9.59 Å². The molecule has 0 aliphatic heterocycles. The van der Waals surface area contributed by atoms with Gasteiger partial charge in [0.15, 0.2) is 0 Å². The molecule has 2 rings (SSSR count). The lowest BCUT2D eigenvalue weighted by Crippen LogP contribution is -2.20. The fourth-order valence-corrected chi connectivity index (χ4v) is 1.99.